The van der Waals surface area contributed by atoms with Crippen LogP contribution < -0.4 is 5.73 Å². The van der Waals surface area contributed by atoms with E-state index < -0.39 is 17.5 Å². The maximum atomic E-state index is 13.3. The Bertz CT molecular complexity index is 428. The van der Waals surface area contributed by atoms with Gasteiger partial charge in [-0.1, -0.05) is 6.07 Å². The van der Waals surface area contributed by atoms with Gasteiger partial charge in [0.05, 0.1) is 5.56 Å². The van der Waals surface area contributed by atoms with Crippen molar-refractivity contribution in [3.05, 3.63) is 35.4 Å². The van der Waals surface area contributed by atoms with Crippen LogP contribution in [-0.2, 0) is 0 Å². The molecule has 1 aliphatic rings. The Morgan fingerprint density at radius 3 is 2.71 bits per heavy atom. The molecule has 1 aliphatic heterocycles. The van der Waals surface area contributed by atoms with Gasteiger partial charge < -0.3 is 10.6 Å². The fourth-order valence-electron chi connectivity index (χ4n) is 1.81. The predicted molar refractivity (Wildman–Crippen MR) is 62.1 cm³/mol. The van der Waals surface area contributed by atoms with Crippen molar-refractivity contribution in [1.29, 1.82) is 0 Å². The number of amides is 1. The summed E-state index contributed by atoms with van der Waals surface area (Å²) in [6, 6.07) is 3.52. The zero-order valence-electron chi connectivity index (χ0n) is 9.03. The van der Waals surface area contributed by atoms with E-state index in [1.807, 2.05) is 0 Å². The molecule has 17 heavy (non-hydrogen) atoms. The second-order valence-electron chi connectivity index (χ2n) is 3.90. The lowest BCUT2D eigenvalue weighted by Crippen LogP contribution is -2.32. The van der Waals surface area contributed by atoms with Crippen molar-refractivity contribution in [2.45, 2.75) is 12.5 Å². The van der Waals surface area contributed by atoms with Crippen molar-refractivity contribution in [3.63, 3.8) is 0 Å². The molecule has 0 aliphatic carbocycles. The van der Waals surface area contributed by atoms with Crippen molar-refractivity contribution in [1.82, 2.24) is 4.90 Å². The zero-order chi connectivity index (χ0) is 11.7. The number of hydrogen-bond donors (Lipinski definition) is 1. The first kappa shape index (κ1) is 13.9. The summed E-state index contributed by atoms with van der Waals surface area (Å²) in [4.78, 5) is 13.3. The SMILES string of the molecule is Cl.N[C@@H]1CCN(C(=O)c2cccc(F)c2F)C1. The van der Waals surface area contributed by atoms with Crippen LogP contribution in [0.5, 0.6) is 0 Å². The van der Waals surface area contributed by atoms with E-state index >= 15 is 0 Å². The van der Waals surface area contributed by atoms with Gasteiger partial charge in [0.1, 0.15) is 0 Å². The topological polar surface area (TPSA) is 46.3 Å². The summed E-state index contributed by atoms with van der Waals surface area (Å²) in [7, 11) is 0. The van der Waals surface area contributed by atoms with Crippen molar-refractivity contribution in [3.8, 4) is 0 Å². The number of carbonyl (C=O) groups is 1. The van der Waals surface area contributed by atoms with Crippen molar-refractivity contribution in [2.75, 3.05) is 13.1 Å². The summed E-state index contributed by atoms with van der Waals surface area (Å²) in [5.41, 5.74) is 5.42. The summed E-state index contributed by atoms with van der Waals surface area (Å²) in [6.45, 7) is 0.894. The van der Waals surface area contributed by atoms with E-state index in [1.165, 1.54) is 17.0 Å². The van der Waals surface area contributed by atoms with Gasteiger partial charge in [-0.05, 0) is 18.6 Å². The molecule has 1 heterocycles. The Hall–Kier alpha value is -1.20. The Morgan fingerprint density at radius 1 is 1.41 bits per heavy atom. The van der Waals surface area contributed by atoms with Crippen LogP contribution in [0, 0.1) is 11.6 Å². The van der Waals surface area contributed by atoms with Crippen molar-refractivity contribution < 1.29 is 13.6 Å². The largest absolute Gasteiger partial charge is 0.337 e. The molecule has 1 aromatic carbocycles. The van der Waals surface area contributed by atoms with Crippen LogP contribution in [0.1, 0.15) is 16.8 Å². The Balaban J connectivity index is 0.00000144. The minimum Gasteiger partial charge on any atom is -0.337 e. The van der Waals surface area contributed by atoms with E-state index in [-0.39, 0.29) is 24.0 Å². The lowest BCUT2D eigenvalue weighted by Gasteiger charge is -2.16. The smallest absolute Gasteiger partial charge is 0.256 e. The van der Waals surface area contributed by atoms with Gasteiger partial charge in [-0.15, -0.1) is 12.4 Å². The number of rotatable bonds is 1. The molecule has 1 atom stereocenters. The summed E-state index contributed by atoms with van der Waals surface area (Å²) < 4.78 is 26.3. The molecule has 3 nitrogen and oxygen atoms in total. The number of likely N-dealkylation sites (tertiary alicyclic amines) is 1. The molecule has 0 bridgehead atoms. The van der Waals surface area contributed by atoms with Gasteiger partial charge in [-0.2, -0.15) is 0 Å². The molecular formula is C11H13ClF2N2O. The standard InChI is InChI=1S/C11H12F2N2O.ClH/c12-9-3-1-2-8(10(9)13)11(16)15-5-4-7(14)6-15;/h1-3,7H,4-6,14H2;1H/t7-;/m1./s1. The number of benzene rings is 1. The molecule has 0 aromatic heterocycles. The molecule has 0 unspecified atom stereocenters. The van der Waals surface area contributed by atoms with Crippen LogP contribution in [0.3, 0.4) is 0 Å². The highest BCUT2D eigenvalue weighted by Crippen LogP contribution is 2.16. The minimum absolute atomic E-state index is 0. The van der Waals surface area contributed by atoms with Gasteiger partial charge in [0, 0.05) is 19.1 Å². The maximum Gasteiger partial charge on any atom is 0.256 e. The third kappa shape index (κ3) is 2.73. The molecule has 1 fully saturated rings. The monoisotopic (exact) mass is 262 g/mol. The highest BCUT2D eigenvalue weighted by atomic mass is 35.5. The summed E-state index contributed by atoms with van der Waals surface area (Å²) in [6.07, 6.45) is 0.697. The van der Waals surface area contributed by atoms with Gasteiger partial charge in [0.25, 0.3) is 5.91 Å². The minimum atomic E-state index is -1.09. The fraction of sp³-hybridized carbons (Fsp3) is 0.364. The van der Waals surface area contributed by atoms with E-state index in [1.54, 1.807) is 0 Å². The number of halogens is 3. The van der Waals surface area contributed by atoms with Crippen LogP contribution in [0.2, 0.25) is 0 Å². The molecule has 6 heteroatoms. The lowest BCUT2D eigenvalue weighted by molar-refractivity contribution is 0.0785. The molecule has 2 N–H and O–H groups in total. The van der Waals surface area contributed by atoms with Gasteiger partial charge in [-0.3, -0.25) is 4.79 Å². The van der Waals surface area contributed by atoms with Crippen molar-refractivity contribution >= 4 is 18.3 Å². The molecule has 1 amide bonds. The van der Waals surface area contributed by atoms with E-state index in [2.05, 4.69) is 0 Å². The average molecular weight is 263 g/mol. The molecular weight excluding hydrogens is 250 g/mol. The molecule has 94 valence electrons. The summed E-state index contributed by atoms with van der Waals surface area (Å²) in [5.74, 6) is -2.59. The van der Waals surface area contributed by atoms with Crippen molar-refractivity contribution in [2.24, 2.45) is 5.73 Å². The van der Waals surface area contributed by atoms with E-state index in [0.29, 0.717) is 19.5 Å². The number of nitrogens with two attached hydrogens (primary N) is 1. The van der Waals surface area contributed by atoms with Crippen LogP contribution in [0.4, 0.5) is 8.78 Å². The average Bonchev–Trinajstić information content (AvgIpc) is 2.68. The highest BCUT2D eigenvalue weighted by molar-refractivity contribution is 5.94. The van der Waals surface area contributed by atoms with Gasteiger partial charge in [0.15, 0.2) is 11.6 Å². The maximum absolute atomic E-state index is 13.3. The van der Waals surface area contributed by atoms with E-state index in [0.717, 1.165) is 6.07 Å². The fourth-order valence-corrected chi connectivity index (χ4v) is 1.81. The first-order valence-corrected chi connectivity index (χ1v) is 5.08. The quantitative estimate of drug-likeness (QED) is 0.835. The first-order chi connectivity index (χ1) is 7.59. The Labute approximate surface area is 104 Å². The molecule has 1 aromatic rings. The van der Waals surface area contributed by atoms with Crippen LogP contribution in [0.25, 0.3) is 0 Å². The van der Waals surface area contributed by atoms with E-state index in [4.69, 9.17) is 5.73 Å². The number of hydrogen-bond acceptors (Lipinski definition) is 2. The summed E-state index contributed by atoms with van der Waals surface area (Å²) >= 11 is 0. The number of nitrogens with zero attached hydrogens (tertiary/aromatic N) is 1. The second kappa shape index (κ2) is 5.42. The Kier molecular flexibility index (Phi) is 4.42. The van der Waals surface area contributed by atoms with Crippen LogP contribution in [0.15, 0.2) is 18.2 Å². The van der Waals surface area contributed by atoms with Crippen LogP contribution in [-0.4, -0.2) is 29.9 Å². The van der Waals surface area contributed by atoms with Gasteiger partial charge in [-0.25, -0.2) is 8.78 Å². The van der Waals surface area contributed by atoms with Gasteiger partial charge >= 0.3 is 0 Å². The molecule has 0 spiro atoms. The van der Waals surface area contributed by atoms with Gasteiger partial charge in [0.2, 0.25) is 0 Å². The first-order valence-electron chi connectivity index (χ1n) is 5.08. The molecule has 0 radical (unpaired) electrons. The second-order valence-corrected chi connectivity index (χ2v) is 3.90. The molecule has 0 saturated carbocycles. The normalized spacial score (nSPS) is 19.0. The third-order valence-corrected chi connectivity index (χ3v) is 2.69. The van der Waals surface area contributed by atoms with E-state index in [9.17, 15) is 13.6 Å². The lowest BCUT2D eigenvalue weighted by atomic mass is 10.2. The third-order valence-electron chi connectivity index (χ3n) is 2.69. The summed E-state index contributed by atoms with van der Waals surface area (Å²) in [5, 5.41) is 0. The zero-order valence-corrected chi connectivity index (χ0v) is 9.84. The highest BCUT2D eigenvalue weighted by Gasteiger charge is 2.26. The molecule has 2 rings (SSSR count). The predicted octanol–water partition coefficient (Wildman–Crippen LogP) is 1.56. The van der Waals surface area contributed by atoms with Crippen LogP contribution >= 0.6 is 12.4 Å². The molecule has 1 saturated heterocycles. The Morgan fingerprint density at radius 2 is 2.12 bits per heavy atom. The number of carbonyl (C=O) groups excluding carboxylic acids is 1.